The molecule has 158 valence electrons. The van der Waals surface area contributed by atoms with E-state index in [2.05, 4.69) is 15.6 Å². The van der Waals surface area contributed by atoms with Crippen molar-refractivity contribution in [1.29, 1.82) is 0 Å². The van der Waals surface area contributed by atoms with E-state index in [-0.39, 0.29) is 10.5 Å². The van der Waals surface area contributed by atoms with Gasteiger partial charge in [-0.25, -0.2) is 8.42 Å². The quantitative estimate of drug-likeness (QED) is 0.495. The molecule has 0 fully saturated rings. The van der Waals surface area contributed by atoms with Crippen LogP contribution in [-0.4, -0.2) is 21.4 Å². The third kappa shape index (κ3) is 4.54. The first-order valence-corrected chi connectivity index (χ1v) is 11.1. The Hall–Kier alpha value is -3.78. The van der Waals surface area contributed by atoms with Crippen LogP contribution in [0.15, 0.2) is 83.8 Å². The number of methoxy groups -OCH3 is 1. The molecule has 0 bridgehead atoms. The van der Waals surface area contributed by atoms with Crippen molar-refractivity contribution in [2.75, 3.05) is 11.8 Å². The molecule has 3 aromatic carbocycles. The number of rotatable bonds is 7. The molecular weight excluding hydrogens is 414 g/mol. The van der Waals surface area contributed by atoms with E-state index in [1.165, 1.54) is 30.9 Å². The van der Waals surface area contributed by atoms with Crippen LogP contribution in [0.2, 0.25) is 0 Å². The lowest BCUT2D eigenvalue weighted by atomic mass is 10.1. The summed E-state index contributed by atoms with van der Waals surface area (Å²) in [6.07, 6.45) is 2.78. The van der Waals surface area contributed by atoms with E-state index in [0.717, 1.165) is 17.7 Å². The van der Waals surface area contributed by atoms with E-state index in [1.54, 1.807) is 30.3 Å². The van der Waals surface area contributed by atoms with E-state index < -0.39 is 15.9 Å². The summed E-state index contributed by atoms with van der Waals surface area (Å²) >= 11 is 0. The van der Waals surface area contributed by atoms with Crippen molar-refractivity contribution < 1.29 is 17.9 Å². The topological polar surface area (TPSA) is 96.5 Å². The first-order valence-electron chi connectivity index (χ1n) is 9.58. The Labute approximate surface area is 180 Å². The van der Waals surface area contributed by atoms with Crippen LogP contribution in [0.3, 0.4) is 0 Å². The molecule has 3 N–H and O–H groups in total. The molecule has 0 radical (unpaired) electrons. The van der Waals surface area contributed by atoms with Gasteiger partial charge in [0.15, 0.2) is 0 Å². The van der Waals surface area contributed by atoms with Gasteiger partial charge in [0.25, 0.3) is 15.9 Å². The number of hydrazine groups is 1. The number of allylic oxidation sites excluding steroid dienone is 1. The molecule has 4 rings (SSSR count). The number of fused-ring (bicyclic) bond motifs is 1. The molecule has 8 heteroatoms. The zero-order valence-corrected chi connectivity index (χ0v) is 17.6. The minimum Gasteiger partial charge on any atom is -0.497 e. The zero-order valence-electron chi connectivity index (χ0n) is 16.8. The first-order chi connectivity index (χ1) is 15.0. The van der Waals surface area contributed by atoms with Crippen LogP contribution in [0.4, 0.5) is 5.69 Å². The van der Waals surface area contributed by atoms with E-state index in [0.29, 0.717) is 11.4 Å². The average molecular weight is 436 g/mol. The number of hydrogen-bond acceptors (Lipinski definition) is 5. The molecule has 7 nitrogen and oxygen atoms in total. The van der Waals surface area contributed by atoms with Crippen LogP contribution in [0.5, 0.6) is 5.75 Å². The van der Waals surface area contributed by atoms with Gasteiger partial charge in [-0.15, -0.1) is 0 Å². The number of ether oxygens (including phenoxy) is 1. The molecule has 0 saturated heterocycles. The second-order valence-corrected chi connectivity index (χ2v) is 8.60. The average Bonchev–Trinajstić information content (AvgIpc) is 3.21. The summed E-state index contributed by atoms with van der Waals surface area (Å²) in [7, 11) is -2.33. The number of nitrogens with one attached hydrogen (secondary N) is 3. The van der Waals surface area contributed by atoms with Crippen LogP contribution in [-0.2, 0) is 16.4 Å². The molecule has 0 aliphatic heterocycles. The molecule has 0 saturated carbocycles. The lowest BCUT2D eigenvalue weighted by Gasteiger charge is -2.12. The van der Waals surface area contributed by atoms with Gasteiger partial charge >= 0.3 is 0 Å². The van der Waals surface area contributed by atoms with Gasteiger partial charge < -0.3 is 4.74 Å². The smallest absolute Gasteiger partial charge is 0.269 e. The first kappa shape index (κ1) is 20.5. The van der Waals surface area contributed by atoms with Crippen molar-refractivity contribution in [3.8, 4) is 5.75 Å². The lowest BCUT2D eigenvalue weighted by Crippen LogP contribution is -2.36. The Kier molecular flexibility index (Phi) is 5.64. The van der Waals surface area contributed by atoms with E-state index in [1.807, 2.05) is 30.3 Å². The maximum absolute atomic E-state index is 12.7. The fraction of sp³-hybridized carbons (Fsp3) is 0.0870. The van der Waals surface area contributed by atoms with Gasteiger partial charge in [0.2, 0.25) is 0 Å². The van der Waals surface area contributed by atoms with Crippen LogP contribution in [0.1, 0.15) is 21.5 Å². The Morgan fingerprint density at radius 1 is 0.968 bits per heavy atom. The van der Waals surface area contributed by atoms with Gasteiger partial charge in [0, 0.05) is 16.8 Å². The third-order valence-corrected chi connectivity index (χ3v) is 6.27. The SMILES string of the molecule is COc1ccc(NS(=O)(=O)c2cccc(C(=O)NNC3=CCc4ccccc43)c2)cc1. The molecule has 3 aromatic rings. The number of amides is 1. The van der Waals surface area contributed by atoms with Crippen molar-refractivity contribution in [2.45, 2.75) is 11.3 Å². The Bertz CT molecular complexity index is 1250. The molecule has 1 aliphatic rings. The standard InChI is InChI=1S/C23H21N3O4S/c1-30-19-12-10-18(11-13-19)26-31(28,29)20-7-4-6-17(15-20)23(27)25-24-22-14-9-16-5-2-3-8-21(16)22/h2-8,10-15,24,26H,9H2,1H3,(H,25,27). The summed E-state index contributed by atoms with van der Waals surface area (Å²) in [6.45, 7) is 0. The highest BCUT2D eigenvalue weighted by Gasteiger charge is 2.18. The molecule has 0 atom stereocenters. The molecule has 1 amide bonds. The molecule has 0 unspecified atom stereocenters. The maximum Gasteiger partial charge on any atom is 0.269 e. The third-order valence-electron chi connectivity index (χ3n) is 4.89. The van der Waals surface area contributed by atoms with Gasteiger partial charge in [-0.3, -0.25) is 20.4 Å². The minimum absolute atomic E-state index is 0.0126. The summed E-state index contributed by atoms with van der Waals surface area (Å²) in [6, 6.07) is 20.3. The van der Waals surface area contributed by atoms with Gasteiger partial charge in [0.05, 0.1) is 17.7 Å². The number of carbonyl (C=O) groups excluding carboxylic acids is 1. The predicted molar refractivity (Wildman–Crippen MR) is 119 cm³/mol. The highest BCUT2D eigenvalue weighted by atomic mass is 32.2. The van der Waals surface area contributed by atoms with Crippen LogP contribution in [0, 0.1) is 0 Å². The molecular formula is C23H21N3O4S. The number of benzene rings is 3. The van der Waals surface area contributed by atoms with Crippen molar-refractivity contribution >= 4 is 27.3 Å². The number of sulfonamides is 1. The van der Waals surface area contributed by atoms with E-state index >= 15 is 0 Å². The fourth-order valence-electron chi connectivity index (χ4n) is 3.28. The highest BCUT2D eigenvalue weighted by molar-refractivity contribution is 7.92. The predicted octanol–water partition coefficient (Wildman–Crippen LogP) is 3.33. The molecule has 31 heavy (non-hydrogen) atoms. The van der Waals surface area contributed by atoms with E-state index in [9.17, 15) is 13.2 Å². The molecule has 1 aliphatic carbocycles. The summed E-state index contributed by atoms with van der Waals surface area (Å²) < 4.78 is 33.0. The van der Waals surface area contributed by atoms with Gasteiger partial charge in [0.1, 0.15) is 5.75 Å². The number of anilines is 1. The minimum atomic E-state index is -3.86. The van der Waals surface area contributed by atoms with Gasteiger partial charge in [-0.1, -0.05) is 36.4 Å². The lowest BCUT2D eigenvalue weighted by molar-refractivity contribution is 0.0942. The molecule has 0 aromatic heterocycles. The maximum atomic E-state index is 12.7. The second-order valence-electron chi connectivity index (χ2n) is 6.92. The monoisotopic (exact) mass is 435 g/mol. The Morgan fingerprint density at radius 2 is 1.74 bits per heavy atom. The van der Waals surface area contributed by atoms with Gasteiger partial charge in [-0.2, -0.15) is 0 Å². The molecule has 0 heterocycles. The number of hydrogen-bond donors (Lipinski definition) is 3. The van der Waals surface area contributed by atoms with Crippen molar-refractivity contribution in [3.05, 3.63) is 95.6 Å². The van der Waals surface area contributed by atoms with Crippen LogP contribution < -0.4 is 20.3 Å². The van der Waals surface area contributed by atoms with Crippen molar-refractivity contribution in [1.82, 2.24) is 10.9 Å². The van der Waals surface area contributed by atoms with E-state index in [4.69, 9.17) is 4.74 Å². The highest BCUT2D eigenvalue weighted by Crippen LogP contribution is 2.24. The van der Waals surface area contributed by atoms with Gasteiger partial charge in [-0.05, 0) is 54.4 Å². The second kappa shape index (κ2) is 8.53. The Morgan fingerprint density at radius 3 is 2.52 bits per heavy atom. The summed E-state index contributed by atoms with van der Waals surface area (Å²) in [5, 5.41) is 0. The number of carbonyl (C=O) groups is 1. The zero-order chi connectivity index (χ0) is 21.8. The molecule has 0 spiro atoms. The van der Waals surface area contributed by atoms with Crippen molar-refractivity contribution in [3.63, 3.8) is 0 Å². The normalized spacial score (nSPS) is 12.5. The van der Waals surface area contributed by atoms with Crippen molar-refractivity contribution in [2.24, 2.45) is 0 Å². The van der Waals surface area contributed by atoms with Crippen LogP contribution in [0.25, 0.3) is 5.70 Å². The fourth-order valence-corrected chi connectivity index (χ4v) is 4.38. The summed E-state index contributed by atoms with van der Waals surface area (Å²) in [5.41, 5.74) is 9.20. The Balaban J connectivity index is 1.45. The van der Waals surface area contributed by atoms with Crippen LogP contribution >= 0.6 is 0 Å². The largest absolute Gasteiger partial charge is 0.497 e. The summed E-state index contributed by atoms with van der Waals surface area (Å²) in [5.74, 6) is 0.181. The summed E-state index contributed by atoms with van der Waals surface area (Å²) in [4.78, 5) is 12.6.